The fourth-order valence-electron chi connectivity index (χ4n) is 4.86. The van der Waals surface area contributed by atoms with Gasteiger partial charge in [-0.15, -0.1) is 11.3 Å². The van der Waals surface area contributed by atoms with Crippen molar-refractivity contribution in [1.29, 1.82) is 0 Å². The van der Waals surface area contributed by atoms with Gasteiger partial charge in [0, 0.05) is 23.4 Å². The summed E-state index contributed by atoms with van der Waals surface area (Å²) in [5, 5.41) is 0.930. The maximum atomic E-state index is 13.4. The van der Waals surface area contributed by atoms with Gasteiger partial charge in [-0.05, 0) is 67.6 Å². The van der Waals surface area contributed by atoms with Crippen LogP contribution in [-0.4, -0.2) is 30.9 Å². The minimum Gasteiger partial charge on any atom is -0.494 e. The quantitative estimate of drug-likeness (QED) is 0.432. The molecular weight excluding hydrogens is 452 g/mol. The first-order valence-corrected chi connectivity index (χ1v) is 14.1. The largest absolute Gasteiger partial charge is 0.494 e. The number of hydrogen-bond donors (Lipinski definition) is 0. The lowest BCUT2D eigenvalue weighted by molar-refractivity contribution is 0.340. The van der Waals surface area contributed by atoms with Gasteiger partial charge in [0.05, 0.1) is 23.7 Å². The molecule has 5 nitrogen and oxygen atoms in total. The van der Waals surface area contributed by atoms with E-state index in [-0.39, 0.29) is 0 Å². The maximum absolute atomic E-state index is 13.4. The minimum absolute atomic E-state index is 0.386. The van der Waals surface area contributed by atoms with E-state index in [0.29, 0.717) is 36.9 Å². The van der Waals surface area contributed by atoms with Crippen LogP contribution in [0.4, 0.5) is 0 Å². The molecule has 33 heavy (non-hydrogen) atoms. The number of benzene rings is 2. The number of nitrogens with zero attached hydrogens (tertiary/aromatic N) is 2. The molecule has 2 aromatic carbocycles. The van der Waals surface area contributed by atoms with Crippen LogP contribution in [0.15, 0.2) is 53.4 Å². The lowest BCUT2D eigenvalue weighted by Crippen LogP contribution is -2.35. The Labute approximate surface area is 200 Å². The summed E-state index contributed by atoms with van der Waals surface area (Å²) in [6, 6.07) is 15.6. The molecule has 1 aromatic heterocycles. The lowest BCUT2D eigenvalue weighted by atomic mass is 9.84. The first kappa shape index (κ1) is 22.6. The van der Waals surface area contributed by atoms with Crippen LogP contribution in [0.25, 0.3) is 10.6 Å². The second kappa shape index (κ2) is 9.57. The molecule has 3 aromatic rings. The Morgan fingerprint density at radius 2 is 1.76 bits per heavy atom. The number of ether oxygens (including phenoxy) is 1. The highest BCUT2D eigenvalue weighted by molar-refractivity contribution is 7.89. The molecule has 1 aliphatic heterocycles. The van der Waals surface area contributed by atoms with Crippen molar-refractivity contribution in [3.05, 3.63) is 64.7 Å². The second-order valence-corrected chi connectivity index (χ2v) is 11.9. The summed E-state index contributed by atoms with van der Waals surface area (Å²) in [5.41, 5.74) is 3.32. The molecule has 0 N–H and O–H groups in total. The van der Waals surface area contributed by atoms with Crippen LogP contribution < -0.4 is 4.74 Å². The zero-order chi connectivity index (χ0) is 22.8. The van der Waals surface area contributed by atoms with Crippen molar-refractivity contribution in [3.63, 3.8) is 0 Å². The molecule has 0 spiro atoms. The van der Waals surface area contributed by atoms with Crippen molar-refractivity contribution >= 4 is 21.4 Å². The summed E-state index contributed by atoms with van der Waals surface area (Å²) in [7, 11) is -3.52. The van der Waals surface area contributed by atoms with Gasteiger partial charge >= 0.3 is 0 Å². The number of hydrogen-bond acceptors (Lipinski definition) is 5. The molecule has 5 rings (SSSR count). The van der Waals surface area contributed by atoms with E-state index in [4.69, 9.17) is 9.72 Å². The van der Waals surface area contributed by atoms with Gasteiger partial charge in [-0.3, -0.25) is 0 Å². The average molecular weight is 483 g/mol. The Hall–Kier alpha value is -2.22. The number of fused-ring (bicyclic) bond motifs is 1. The highest BCUT2D eigenvalue weighted by Crippen LogP contribution is 2.35. The summed E-state index contributed by atoms with van der Waals surface area (Å²) >= 11 is 1.59. The summed E-state index contributed by atoms with van der Waals surface area (Å²) in [4.78, 5) is 6.23. The van der Waals surface area contributed by atoms with E-state index in [2.05, 4.69) is 0 Å². The highest BCUT2D eigenvalue weighted by Gasteiger charge is 2.30. The van der Waals surface area contributed by atoms with Gasteiger partial charge in [0.1, 0.15) is 10.8 Å². The average Bonchev–Trinajstić information content (AvgIpc) is 3.29. The van der Waals surface area contributed by atoms with E-state index in [9.17, 15) is 8.42 Å². The Kier molecular flexibility index (Phi) is 6.54. The second-order valence-electron chi connectivity index (χ2n) is 8.84. The molecule has 7 heteroatoms. The summed E-state index contributed by atoms with van der Waals surface area (Å²) < 4.78 is 33.8. The lowest BCUT2D eigenvalue weighted by Gasteiger charge is -2.26. The van der Waals surface area contributed by atoms with Crippen LogP contribution in [0.3, 0.4) is 0 Å². The van der Waals surface area contributed by atoms with Crippen molar-refractivity contribution in [2.24, 2.45) is 0 Å². The third-order valence-corrected chi connectivity index (χ3v) is 9.69. The number of rotatable bonds is 6. The molecule has 1 saturated carbocycles. The number of aromatic nitrogens is 1. The molecule has 1 aliphatic carbocycles. The van der Waals surface area contributed by atoms with Gasteiger partial charge in [-0.1, -0.05) is 31.4 Å². The number of sulfonamides is 1. The summed E-state index contributed by atoms with van der Waals surface area (Å²) in [6.07, 6.45) is 6.93. The van der Waals surface area contributed by atoms with Gasteiger partial charge in [-0.2, -0.15) is 4.31 Å². The highest BCUT2D eigenvalue weighted by atomic mass is 32.2. The van der Waals surface area contributed by atoms with E-state index in [1.54, 1.807) is 27.8 Å². The van der Waals surface area contributed by atoms with E-state index >= 15 is 0 Å². The van der Waals surface area contributed by atoms with E-state index in [1.165, 1.54) is 37.7 Å². The third-order valence-electron chi connectivity index (χ3n) is 6.70. The Bertz CT molecular complexity index is 1200. The van der Waals surface area contributed by atoms with Gasteiger partial charge < -0.3 is 4.74 Å². The summed E-state index contributed by atoms with van der Waals surface area (Å²) in [5.74, 6) is 1.42. The molecule has 0 bridgehead atoms. The van der Waals surface area contributed by atoms with Crippen LogP contribution in [0.5, 0.6) is 5.75 Å². The molecule has 0 unspecified atom stereocenters. The standard InChI is InChI=1S/C26H30N2O3S2/c1-2-31-22-12-8-21(9-13-22)26-27-24-16-17-28(18-25(24)32-26)33(29,30)23-14-10-20(11-15-23)19-6-4-3-5-7-19/h8-15,19H,2-7,16-18H2,1H3. The molecule has 174 valence electrons. The van der Waals surface area contributed by atoms with Crippen LogP contribution in [0, 0.1) is 0 Å². The van der Waals surface area contributed by atoms with Gasteiger partial charge in [0.15, 0.2) is 0 Å². The van der Waals surface area contributed by atoms with Gasteiger partial charge in [0.2, 0.25) is 10.0 Å². The van der Waals surface area contributed by atoms with E-state index in [1.807, 2.05) is 43.3 Å². The molecule has 2 aliphatic rings. The van der Waals surface area contributed by atoms with Crippen LogP contribution in [-0.2, 0) is 23.0 Å². The normalized spacial score (nSPS) is 17.6. The minimum atomic E-state index is -3.52. The van der Waals surface area contributed by atoms with Gasteiger partial charge in [0.25, 0.3) is 0 Å². The van der Waals surface area contributed by atoms with Crippen molar-refractivity contribution < 1.29 is 13.2 Å². The molecule has 2 heterocycles. The smallest absolute Gasteiger partial charge is 0.243 e. The Morgan fingerprint density at radius 3 is 2.45 bits per heavy atom. The number of thiazole rings is 1. The van der Waals surface area contributed by atoms with E-state index in [0.717, 1.165) is 26.9 Å². The van der Waals surface area contributed by atoms with Crippen molar-refractivity contribution in [2.75, 3.05) is 13.2 Å². The SMILES string of the molecule is CCOc1ccc(-c2nc3c(s2)CN(S(=O)(=O)c2ccc(C4CCCCC4)cc2)CC3)cc1. The molecule has 0 atom stereocenters. The van der Waals surface area contributed by atoms with E-state index < -0.39 is 10.0 Å². The fourth-order valence-corrected chi connectivity index (χ4v) is 7.48. The zero-order valence-electron chi connectivity index (χ0n) is 19.0. The van der Waals surface area contributed by atoms with Crippen LogP contribution in [0.2, 0.25) is 0 Å². The van der Waals surface area contributed by atoms with Crippen molar-refractivity contribution in [1.82, 2.24) is 9.29 Å². The predicted molar refractivity (Wildman–Crippen MR) is 132 cm³/mol. The van der Waals surface area contributed by atoms with Crippen LogP contribution in [0.1, 0.15) is 61.1 Å². The first-order chi connectivity index (χ1) is 16.0. The van der Waals surface area contributed by atoms with Crippen LogP contribution >= 0.6 is 11.3 Å². The molecule has 0 radical (unpaired) electrons. The maximum Gasteiger partial charge on any atom is 0.243 e. The van der Waals surface area contributed by atoms with Crippen molar-refractivity contribution in [2.45, 2.75) is 62.8 Å². The fraction of sp³-hybridized carbons (Fsp3) is 0.423. The first-order valence-electron chi connectivity index (χ1n) is 11.9. The van der Waals surface area contributed by atoms with Crippen molar-refractivity contribution in [3.8, 4) is 16.3 Å². The summed E-state index contributed by atoms with van der Waals surface area (Å²) in [6.45, 7) is 3.45. The predicted octanol–water partition coefficient (Wildman–Crippen LogP) is 6.00. The van der Waals surface area contributed by atoms with Gasteiger partial charge in [-0.25, -0.2) is 13.4 Å². The Balaban J connectivity index is 1.32. The molecule has 0 amide bonds. The monoisotopic (exact) mass is 482 g/mol. The topological polar surface area (TPSA) is 59.5 Å². The third kappa shape index (κ3) is 4.72. The molecule has 0 saturated heterocycles. The zero-order valence-corrected chi connectivity index (χ0v) is 20.6. The molecule has 1 fully saturated rings. The Morgan fingerprint density at radius 1 is 1.03 bits per heavy atom. The molecular formula is C26H30N2O3S2.